The van der Waals surface area contributed by atoms with E-state index >= 15 is 0 Å². The van der Waals surface area contributed by atoms with E-state index in [4.69, 9.17) is 11.0 Å². The Morgan fingerprint density at radius 3 is 2.55 bits per heavy atom. The molecule has 0 bridgehead atoms. The van der Waals surface area contributed by atoms with E-state index in [9.17, 15) is 0 Å². The summed E-state index contributed by atoms with van der Waals surface area (Å²) in [4.78, 5) is 0. The lowest BCUT2D eigenvalue weighted by molar-refractivity contribution is 0.748. The van der Waals surface area contributed by atoms with E-state index in [2.05, 4.69) is 0 Å². The van der Waals surface area contributed by atoms with Gasteiger partial charge in [0.25, 0.3) is 0 Å². The van der Waals surface area contributed by atoms with Gasteiger partial charge in [-0.25, -0.2) is 0 Å². The molecular formula is C9H10N2. The maximum absolute atomic E-state index is 8.37. The van der Waals surface area contributed by atoms with Crippen molar-refractivity contribution in [1.29, 1.82) is 5.26 Å². The smallest absolute Gasteiger partial charge is 0.0641 e. The van der Waals surface area contributed by atoms with Crippen LogP contribution in [0.4, 0.5) is 0 Å². The summed E-state index contributed by atoms with van der Waals surface area (Å²) >= 11 is 0. The Labute approximate surface area is 66.3 Å². The molecule has 2 N–H and O–H groups in total. The van der Waals surface area contributed by atoms with E-state index in [0.29, 0.717) is 6.42 Å². The maximum Gasteiger partial charge on any atom is 0.0641 e. The lowest BCUT2D eigenvalue weighted by Crippen LogP contribution is -2.08. The topological polar surface area (TPSA) is 49.8 Å². The van der Waals surface area contributed by atoms with Crippen LogP contribution in [-0.2, 0) is 0 Å². The van der Waals surface area contributed by atoms with Crippen molar-refractivity contribution in [3.05, 3.63) is 35.9 Å². The van der Waals surface area contributed by atoms with E-state index in [1.165, 1.54) is 0 Å². The highest BCUT2D eigenvalue weighted by Crippen LogP contribution is 2.11. The second-order valence-electron chi connectivity index (χ2n) is 2.38. The second kappa shape index (κ2) is 3.75. The Kier molecular flexibility index (Phi) is 2.65. The third kappa shape index (κ3) is 2.06. The normalized spacial score (nSPS) is 12.0. The molecule has 1 aromatic rings. The predicted molar refractivity (Wildman–Crippen MR) is 43.6 cm³/mol. The minimum atomic E-state index is -0.138. The highest BCUT2D eigenvalue weighted by molar-refractivity contribution is 5.19. The van der Waals surface area contributed by atoms with Gasteiger partial charge in [0, 0.05) is 6.04 Å². The van der Waals surface area contributed by atoms with E-state index in [1.807, 2.05) is 36.4 Å². The molecule has 0 aliphatic rings. The number of nitriles is 1. The predicted octanol–water partition coefficient (Wildman–Crippen LogP) is 1.60. The first-order chi connectivity index (χ1) is 5.34. The Hall–Kier alpha value is -1.33. The van der Waals surface area contributed by atoms with Gasteiger partial charge in [0.05, 0.1) is 12.5 Å². The van der Waals surface area contributed by atoms with Crippen LogP contribution in [0.25, 0.3) is 0 Å². The molecule has 0 aliphatic heterocycles. The summed E-state index contributed by atoms with van der Waals surface area (Å²) in [6.07, 6.45) is 0.379. The van der Waals surface area contributed by atoms with Gasteiger partial charge in [0.1, 0.15) is 0 Å². The first kappa shape index (κ1) is 7.77. The molecule has 0 fully saturated rings. The van der Waals surface area contributed by atoms with Crippen LogP contribution in [-0.4, -0.2) is 0 Å². The monoisotopic (exact) mass is 146 g/mol. The molecule has 1 atom stereocenters. The molecule has 0 saturated carbocycles. The Bertz CT molecular complexity index is 248. The van der Waals surface area contributed by atoms with E-state index in [0.717, 1.165) is 5.56 Å². The molecule has 0 heterocycles. The molecule has 0 saturated heterocycles. The molecule has 1 rings (SSSR count). The van der Waals surface area contributed by atoms with Crippen molar-refractivity contribution < 1.29 is 0 Å². The average Bonchev–Trinajstić information content (AvgIpc) is 2.07. The molecule has 0 amide bonds. The van der Waals surface area contributed by atoms with Gasteiger partial charge in [-0.05, 0) is 5.56 Å². The van der Waals surface area contributed by atoms with Gasteiger partial charge in [-0.3, -0.25) is 0 Å². The molecule has 0 spiro atoms. The van der Waals surface area contributed by atoms with Crippen molar-refractivity contribution in [1.82, 2.24) is 0 Å². The van der Waals surface area contributed by atoms with Crippen LogP contribution in [0.15, 0.2) is 30.3 Å². The summed E-state index contributed by atoms with van der Waals surface area (Å²) in [5.74, 6) is 0. The standard InChI is InChI=1S/C9H10N2/c10-7-6-9(11)8-4-2-1-3-5-8/h1-5,9H,6,11H2. The van der Waals surface area contributed by atoms with Crippen molar-refractivity contribution in [2.75, 3.05) is 0 Å². The number of rotatable bonds is 2. The Balaban J connectivity index is 2.70. The minimum Gasteiger partial charge on any atom is -0.323 e. The summed E-state index contributed by atoms with van der Waals surface area (Å²) in [6.45, 7) is 0. The van der Waals surface area contributed by atoms with Crippen molar-refractivity contribution in [3.8, 4) is 6.07 Å². The molecule has 0 aliphatic carbocycles. The summed E-state index contributed by atoms with van der Waals surface area (Å²) < 4.78 is 0. The van der Waals surface area contributed by atoms with Crippen molar-refractivity contribution in [2.24, 2.45) is 5.73 Å². The van der Waals surface area contributed by atoms with E-state index in [1.54, 1.807) is 0 Å². The molecular weight excluding hydrogens is 136 g/mol. The van der Waals surface area contributed by atoms with Crippen molar-refractivity contribution in [3.63, 3.8) is 0 Å². The van der Waals surface area contributed by atoms with Gasteiger partial charge < -0.3 is 5.73 Å². The van der Waals surface area contributed by atoms with Crippen LogP contribution < -0.4 is 5.73 Å². The zero-order valence-corrected chi connectivity index (χ0v) is 6.20. The van der Waals surface area contributed by atoms with Crippen molar-refractivity contribution >= 4 is 0 Å². The number of nitrogens with two attached hydrogens (primary N) is 1. The minimum absolute atomic E-state index is 0.138. The molecule has 1 aromatic carbocycles. The molecule has 1 unspecified atom stereocenters. The first-order valence-electron chi connectivity index (χ1n) is 3.52. The fourth-order valence-electron chi connectivity index (χ4n) is 0.916. The van der Waals surface area contributed by atoms with Crippen LogP contribution in [0.3, 0.4) is 0 Å². The molecule has 0 aromatic heterocycles. The number of nitrogens with zero attached hydrogens (tertiary/aromatic N) is 1. The van der Waals surface area contributed by atoms with Crippen LogP contribution in [0.1, 0.15) is 18.0 Å². The van der Waals surface area contributed by atoms with Crippen LogP contribution >= 0.6 is 0 Å². The van der Waals surface area contributed by atoms with Crippen LogP contribution in [0.2, 0.25) is 0 Å². The highest BCUT2D eigenvalue weighted by Gasteiger charge is 2.02. The molecule has 11 heavy (non-hydrogen) atoms. The number of hydrogen-bond donors (Lipinski definition) is 1. The zero-order valence-electron chi connectivity index (χ0n) is 6.20. The lowest BCUT2D eigenvalue weighted by Gasteiger charge is -2.05. The van der Waals surface area contributed by atoms with E-state index in [-0.39, 0.29) is 6.04 Å². The maximum atomic E-state index is 8.37. The summed E-state index contributed by atoms with van der Waals surface area (Å²) in [5, 5.41) is 8.37. The summed E-state index contributed by atoms with van der Waals surface area (Å²) in [7, 11) is 0. The number of hydrogen-bond acceptors (Lipinski definition) is 2. The van der Waals surface area contributed by atoms with Crippen LogP contribution in [0.5, 0.6) is 0 Å². The third-order valence-corrected chi connectivity index (χ3v) is 1.54. The first-order valence-corrected chi connectivity index (χ1v) is 3.52. The van der Waals surface area contributed by atoms with Gasteiger partial charge in [-0.1, -0.05) is 30.3 Å². The van der Waals surface area contributed by atoms with E-state index < -0.39 is 0 Å². The lowest BCUT2D eigenvalue weighted by atomic mass is 10.1. The van der Waals surface area contributed by atoms with Gasteiger partial charge in [0.2, 0.25) is 0 Å². The largest absolute Gasteiger partial charge is 0.323 e. The fraction of sp³-hybridized carbons (Fsp3) is 0.222. The second-order valence-corrected chi connectivity index (χ2v) is 2.38. The van der Waals surface area contributed by atoms with Gasteiger partial charge in [-0.15, -0.1) is 0 Å². The Morgan fingerprint density at radius 2 is 2.00 bits per heavy atom. The Morgan fingerprint density at radius 1 is 1.36 bits per heavy atom. The average molecular weight is 146 g/mol. The summed E-state index contributed by atoms with van der Waals surface area (Å²) in [6, 6.07) is 11.5. The fourth-order valence-corrected chi connectivity index (χ4v) is 0.916. The zero-order chi connectivity index (χ0) is 8.10. The van der Waals surface area contributed by atoms with Gasteiger partial charge in [-0.2, -0.15) is 5.26 Å². The van der Waals surface area contributed by atoms with Crippen LogP contribution in [0, 0.1) is 11.3 Å². The van der Waals surface area contributed by atoms with Crippen molar-refractivity contribution in [2.45, 2.75) is 12.5 Å². The molecule has 56 valence electrons. The molecule has 2 heteroatoms. The molecule has 0 radical (unpaired) electrons. The van der Waals surface area contributed by atoms with Gasteiger partial charge >= 0.3 is 0 Å². The van der Waals surface area contributed by atoms with Gasteiger partial charge in [0.15, 0.2) is 0 Å². The number of benzene rings is 1. The third-order valence-electron chi connectivity index (χ3n) is 1.54. The quantitative estimate of drug-likeness (QED) is 0.689. The SMILES string of the molecule is N#CCC(N)c1ccccc1. The summed E-state index contributed by atoms with van der Waals surface area (Å²) in [5.41, 5.74) is 6.71. The highest BCUT2D eigenvalue weighted by atomic mass is 14.6. The molecule has 2 nitrogen and oxygen atoms in total.